The Hall–Kier alpha value is -1.84. The molecule has 0 fully saturated rings. The first-order valence-corrected chi connectivity index (χ1v) is 6.37. The number of hydrogen-bond acceptors (Lipinski definition) is 2. The van der Waals surface area contributed by atoms with Crippen LogP contribution in [0.5, 0.6) is 0 Å². The van der Waals surface area contributed by atoms with E-state index in [1.807, 2.05) is 38.1 Å². The zero-order chi connectivity index (χ0) is 13.1. The summed E-state index contributed by atoms with van der Waals surface area (Å²) < 4.78 is 0. The van der Waals surface area contributed by atoms with E-state index >= 15 is 0 Å². The molecule has 0 aromatic heterocycles. The van der Waals surface area contributed by atoms with Gasteiger partial charge in [0.15, 0.2) is 0 Å². The van der Waals surface area contributed by atoms with Crippen LogP contribution in [0.2, 0.25) is 0 Å². The Morgan fingerprint density at radius 1 is 1.33 bits per heavy atom. The van der Waals surface area contributed by atoms with Gasteiger partial charge in [-0.3, -0.25) is 9.59 Å². The van der Waals surface area contributed by atoms with E-state index in [-0.39, 0.29) is 24.3 Å². The van der Waals surface area contributed by atoms with Gasteiger partial charge in [0.25, 0.3) is 0 Å². The number of para-hydroxylation sites is 2. The SMILES string of the molecule is CCC(CC)C(=O)N1CC(=O)Nc2ccccc21. The fourth-order valence-electron chi connectivity index (χ4n) is 2.29. The largest absolute Gasteiger partial charge is 0.323 e. The summed E-state index contributed by atoms with van der Waals surface area (Å²) in [6.07, 6.45) is 1.60. The highest BCUT2D eigenvalue weighted by atomic mass is 16.2. The topological polar surface area (TPSA) is 49.4 Å². The molecule has 2 amide bonds. The highest BCUT2D eigenvalue weighted by Gasteiger charge is 2.29. The Kier molecular flexibility index (Phi) is 3.65. The third-order valence-electron chi connectivity index (χ3n) is 3.37. The van der Waals surface area contributed by atoms with Gasteiger partial charge in [0.2, 0.25) is 11.8 Å². The van der Waals surface area contributed by atoms with Crippen LogP contribution in [-0.2, 0) is 9.59 Å². The second kappa shape index (κ2) is 5.21. The Labute approximate surface area is 107 Å². The molecule has 1 aliphatic heterocycles. The lowest BCUT2D eigenvalue weighted by Gasteiger charge is -2.31. The summed E-state index contributed by atoms with van der Waals surface area (Å²) in [4.78, 5) is 25.7. The van der Waals surface area contributed by atoms with E-state index in [4.69, 9.17) is 0 Å². The fourth-order valence-corrected chi connectivity index (χ4v) is 2.29. The molecule has 0 saturated heterocycles. The predicted octanol–water partition coefficient (Wildman–Crippen LogP) is 2.41. The molecule has 4 nitrogen and oxygen atoms in total. The molecule has 1 N–H and O–H groups in total. The first kappa shape index (κ1) is 12.6. The van der Waals surface area contributed by atoms with Crippen LogP contribution in [-0.4, -0.2) is 18.4 Å². The summed E-state index contributed by atoms with van der Waals surface area (Å²) in [6.45, 7) is 4.12. The average molecular weight is 246 g/mol. The van der Waals surface area contributed by atoms with Gasteiger partial charge >= 0.3 is 0 Å². The Morgan fingerprint density at radius 2 is 2.00 bits per heavy atom. The van der Waals surface area contributed by atoms with Gasteiger partial charge in [0.1, 0.15) is 6.54 Å². The maximum absolute atomic E-state index is 12.4. The van der Waals surface area contributed by atoms with Crippen molar-refractivity contribution in [2.45, 2.75) is 26.7 Å². The van der Waals surface area contributed by atoms with Gasteiger partial charge in [-0.2, -0.15) is 0 Å². The van der Waals surface area contributed by atoms with Gasteiger partial charge in [-0.1, -0.05) is 26.0 Å². The van der Waals surface area contributed by atoms with Crippen molar-refractivity contribution in [2.75, 3.05) is 16.8 Å². The van der Waals surface area contributed by atoms with Crippen molar-refractivity contribution < 1.29 is 9.59 Å². The summed E-state index contributed by atoms with van der Waals surface area (Å²) in [5, 5.41) is 2.79. The van der Waals surface area contributed by atoms with Crippen molar-refractivity contribution in [3.63, 3.8) is 0 Å². The van der Waals surface area contributed by atoms with Crippen molar-refractivity contribution in [2.24, 2.45) is 5.92 Å². The number of anilines is 2. The minimum atomic E-state index is -0.131. The Balaban J connectivity index is 2.34. The van der Waals surface area contributed by atoms with E-state index in [0.29, 0.717) is 5.69 Å². The Bertz CT molecular complexity index is 467. The minimum Gasteiger partial charge on any atom is -0.323 e. The van der Waals surface area contributed by atoms with Crippen LogP contribution in [0.4, 0.5) is 11.4 Å². The molecule has 2 rings (SSSR count). The minimum absolute atomic E-state index is 0.0102. The van der Waals surface area contributed by atoms with E-state index in [2.05, 4.69) is 5.32 Å². The maximum atomic E-state index is 12.4. The van der Waals surface area contributed by atoms with Gasteiger partial charge in [-0.05, 0) is 25.0 Å². The molecule has 1 heterocycles. The number of benzene rings is 1. The monoisotopic (exact) mass is 246 g/mol. The van der Waals surface area contributed by atoms with Crippen molar-refractivity contribution in [3.05, 3.63) is 24.3 Å². The lowest BCUT2D eigenvalue weighted by Crippen LogP contribution is -2.44. The number of carbonyl (C=O) groups is 2. The third kappa shape index (κ3) is 2.23. The summed E-state index contributed by atoms with van der Waals surface area (Å²) in [5.74, 6) is -0.0979. The lowest BCUT2D eigenvalue weighted by molar-refractivity contribution is -0.124. The molecule has 0 unspecified atom stereocenters. The highest BCUT2D eigenvalue weighted by Crippen LogP contribution is 2.30. The van der Waals surface area contributed by atoms with E-state index in [9.17, 15) is 9.59 Å². The van der Waals surface area contributed by atoms with Gasteiger partial charge in [-0.25, -0.2) is 0 Å². The van der Waals surface area contributed by atoms with Crippen LogP contribution in [0.1, 0.15) is 26.7 Å². The van der Waals surface area contributed by atoms with Crippen molar-refractivity contribution >= 4 is 23.2 Å². The molecule has 0 atom stereocenters. The first-order chi connectivity index (χ1) is 8.67. The smallest absolute Gasteiger partial charge is 0.244 e. The van der Waals surface area contributed by atoms with Gasteiger partial charge in [0.05, 0.1) is 11.4 Å². The number of hydrogen-bond donors (Lipinski definition) is 1. The van der Waals surface area contributed by atoms with Gasteiger partial charge in [-0.15, -0.1) is 0 Å². The first-order valence-electron chi connectivity index (χ1n) is 6.37. The van der Waals surface area contributed by atoms with E-state index in [1.54, 1.807) is 4.90 Å². The van der Waals surface area contributed by atoms with Crippen molar-refractivity contribution in [3.8, 4) is 0 Å². The average Bonchev–Trinajstić information content (AvgIpc) is 2.39. The standard InChI is InChI=1S/C14H18N2O2/c1-3-10(4-2)14(18)16-9-13(17)15-11-7-5-6-8-12(11)16/h5-8,10H,3-4,9H2,1-2H3,(H,15,17). The second-order valence-corrected chi connectivity index (χ2v) is 4.50. The summed E-state index contributed by atoms with van der Waals surface area (Å²) >= 11 is 0. The number of nitrogens with one attached hydrogen (secondary N) is 1. The molecule has 0 saturated carbocycles. The molecule has 0 bridgehead atoms. The molecular weight excluding hydrogens is 228 g/mol. The van der Waals surface area contributed by atoms with Crippen LogP contribution in [0, 0.1) is 5.92 Å². The second-order valence-electron chi connectivity index (χ2n) is 4.50. The lowest BCUT2D eigenvalue weighted by atomic mass is 10.0. The van der Waals surface area contributed by atoms with Crippen LogP contribution >= 0.6 is 0 Å². The van der Waals surface area contributed by atoms with Crippen LogP contribution in [0.3, 0.4) is 0 Å². The van der Waals surface area contributed by atoms with Crippen LogP contribution < -0.4 is 10.2 Å². The molecule has 0 aliphatic carbocycles. The molecule has 18 heavy (non-hydrogen) atoms. The maximum Gasteiger partial charge on any atom is 0.244 e. The summed E-state index contributed by atoms with van der Waals surface area (Å²) in [7, 11) is 0. The molecular formula is C14H18N2O2. The number of rotatable bonds is 3. The van der Waals surface area contributed by atoms with Crippen LogP contribution in [0.15, 0.2) is 24.3 Å². The number of amides is 2. The molecule has 0 spiro atoms. The third-order valence-corrected chi connectivity index (χ3v) is 3.37. The van der Waals surface area contributed by atoms with E-state index in [1.165, 1.54) is 0 Å². The fraction of sp³-hybridized carbons (Fsp3) is 0.429. The summed E-state index contributed by atoms with van der Waals surface area (Å²) in [5.41, 5.74) is 1.52. The number of fused-ring (bicyclic) bond motifs is 1. The molecule has 4 heteroatoms. The van der Waals surface area contributed by atoms with E-state index < -0.39 is 0 Å². The summed E-state index contributed by atoms with van der Waals surface area (Å²) in [6, 6.07) is 7.42. The zero-order valence-corrected chi connectivity index (χ0v) is 10.8. The van der Waals surface area contributed by atoms with Gasteiger partial charge in [0, 0.05) is 5.92 Å². The molecule has 0 radical (unpaired) electrons. The molecule has 96 valence electrons. The zero-order valence-electron chi connectivity index (χ0n) is 10.8. The predicted molar refractivity (Wildman–Crippen MR) is 71.5 cm³/mol. The molecule has 1 aromatic rings. The highest BCUT2D eigenvalue weighted by molar-refractivity contribution is 6.10. The number of nitrogens with zero attached hydrogens (tertiary/aromatic N) is 1. The van der Waals surface area contributed by atoms with Gasteiger partial charge < -0.3 is 10.2 Å². The quantitative estimate of drug-likeness (QED) is 0.890. The molecule has 1 aliphatic rings. The number of carbonyl (C=O) groups excluding carboxylic acids is 2. The molecule has 1 aromatic carbocycles. The van der Waals surface area contributed by atoms with Crippen molar-refractivity contribution in [1.29, 1.82) is 0 Å². The van der Waals surface area contributed by atoms with Crippen LogP contribution in [0.25, 0.3) is 0 Å². The Morgan fingerprint density at radius 3 is 2.67 bits per heavy atom. The van der Waals surface area contributed by atoms with Crippen molar-refractivity contribution in [1.82, 2.24) is 0 Å². The van der Waals surface area contributed by atoms with E-state index in [0.717, 1.165) is 18.5 Å². The normalized spacial score (nSPS) is 14.4.